The molecule has 0 bridgehead atoms. The van der Waals surface area contributed by atoms with Gasteiger partial charge >= 0.3 is 0 Å². The summed E-state index contributed by atoms with van der Waals surface area (Å²) < 4.78 is 0. The zero-order chi connectivity index (χ0) is 13.4. The first-order chi connectivity index (χ1) is 8.66. The molecule has 0 N–H and O–H groups in total. The molecule has 0 radical (unpaired) electrons. The number of rotatable bonds is 8. The highest BCUT2D eigenvalue weighted by Gasteiger charge is 2.13. The average molecular weight is 267 g/mol. The molecule has 0 amide bonds. The van der Waals surface area contributed by atoms with Gasteiger partial charge in [-0.3, -0.25) is 10.1 Å². The maximum Gasteiger partial charge on any atom is 0.282 e. The smallest absolute Gasteiger partial charge is 0.258 e. The van der Waals surface area contributed by atoms with E-state index in [1.807, 2.05) is 6.07 Å². The second-order valence-electron chi connectivity index (χ2n) is 4.56. The van der Waals surface area contributed by atoms with Gasteiger partial charge in [-0.2, -0.15) is 0 Å². The van der Waals surface area contributed by atoms with Crippen molar-refractivity contribution in [1.29, 1.82) is 0 Å². The molecular formula is C14H21NO2S. The van der Waals surface area contributed by atoms with Crippen LogP contribution >= 0.6 is 12.6 Å². The number of nitrogens with zero attached hydrogens (tertiary/aromatic N) is 1. The summed E-state index contributed by atoms with van der Waals surface area (Å²) in [5.41, 5.74) is 1.10. The first-order valence-electron chi connectivity index (χ1n) is 6.62. The molecule has 0 heterocycles. The highest BCUT2D eigenvalue weighted by molar-refractivity contribution is 7.80. The average Bonchev–Trinajstić information content (AvgIpc) is 2.35. The third-order valence-corrected chi connectivity index (χ3v) is 3.61. The molecule has 0 aromatic heterocycles. The van der Waals surface area contributed by atoms with Crippen LogP contribution in [0, 0.1) is 10.1 Å². The summed E-state index contributed by atoms with van der Waals surface area (Å²) >= 11 is 4.27. The first-order valence-corrected chi connectivity index (χ1v) is 7.06. The highest BCUT2D eigenvalue weighted by Crippen LogP contribution is 2.27. The Kier molecular flexibility index (Phi) is 6.80. The lowest BCUT2D eigenvalue weighted by atomic mass is 10.0. The SMILES string of the molecule is CCCCCCCCc1cccc([N+](=O)[O-])c1S. The van der Waals surface area contributed by atoms with E-state index in [9.17, 15) is 10.1 Å². The molecule has 1 aromatic carbocycles. The van der Waals surface area contributed by atoms with E-state index in [2.05, 4.69) is 19.6 Å². The van der Waals surface area contributed by atoms with Gasteiger partial charge in [0.1, 0.15) is 0 Å². The summed E-state index contributed by atoms with van der Waals surface area (Å²) in [4.78, 5) is 10.9. The number of hydrogen-bond acceptors (Lipinski definition) is 3. The van der Waals surface area contributed by atoms with Crippen LogP contribution in [0.1, 0.15) is 51.0 Å². The van der Waals surface area contributed by atoms with Gasteiger partial charge in [0.05, 0.1) is 9.82 Å². The predicted molar refractivity (Wildman–Crippen MR) is 77.4 cm³/mol. The van der Waals surface area contributed by atoms with Crippen molar-refractivity contribution < 1.29 is 4.92 Å². The molecule has 0 aliphatic heterocycles. The van der Waals surface area contributed by atoms with Crippen molar-refractivity contribution >= 4 is 18.3 Å². The lowest BCUT2D eigenvalue weighted by Crippen LogP contribution is -1.94. The molecule has 4 heteroatoms. The second kappa shape index (κ2) is 8.14. The van der Waals surface area contributed by atoms with Crippen LogP contribution in [-0.4, -0.2) is 4.92 Å². The van der Waals surface area contributed by atoms with Gasteiger partial charge in [-0.05, 0) is 18.4 Å². The van der Waals surface area contributed by atoms with E-state index in [-0.39, 0.29) is 10.6 Å². The van der Waals surface area contributed by atoms with E-state index in [0.717, 1.165) is 18.4 Å². The van der Waals surface area contributed by atoms with Gasteiger partial charge in [0.2, 0.25) is 0 Å². The maximum atomic E-state index is 10.8. The Morgan fingerprint density at radius 2 is 1.83 bits per heavy atom. The maximum absolute atomic E-state index is 10.8. The summed E-state index contributed by atoms with van der Waals surface area (Å²) in [6, 6.07) is 5.18. The van der Waals surface area contributed by atoms with E-state index < -0.39 is 0 Å². The third-order valence-electron chi connectivity index (χ3n) is 3.09. The molecule has 1 aromatic rings. The zero-order valence-electron chi connectivity index (χ0n) is 10.9. The summed E-state index contributed by atoms with van der Waals surface area (Å²) in [5.74, 6) is 0. The topological polar surface area (TPSA) is 43.1 Å². The van der Waals surface area contributed by atoms with Crippen molar-refractivity contribution in [1.82, 2.24) is 0 Å². The molecule has 0 unspecified atom stereocenters. The van der Waals surface area contributed by atoms with E-state index in [0.29, 0.717) is 4.90 Å². The standard InChI is InChI=1S/C14H21NO2S/c1-2-3-4-5-6-7-9-12-10-8-11-13(14(12)18)15(16)17/h8,10-11,18H,2-7,9H2,1H3. The lowest BCUT2D eigenvalue weighted by Gasteiger charge is -2.05. The Morgan fingerprint density at radius 1 is 1.17 bits per heavy atom. The van der Waals surface area contributed by atoms with E-state index in [1.54, 1.807) is 6.07 Å². The second-order valence-corrected chi connectivity index (χ2v) is 5.01. The Bertz CT molecular complexity index is 393. The van der Waals surface area contributed by atoms with Crippen LogP contribution in [0.25, 0.3) is 0 Å². The summed E-state index contributed by atoms with van der Waals surface area (Å²) in [6.07, 6.45) is 8.26. The third kappa shape index (κ3) is 4.69. The van der Waals surface area contributed by atoms with Crippen LogP contribution < -0.4 is 0 Å². The van der Waals surface area contributed by atoms with Gasteiger partial charge in [0.25, 0.3) is 5.69 Å². The Morgan fingerprint density at radius 3 is 2.50 bits per heavy atom. The molecule has 0 saturated heterocycles. The van der Waals surface area contributed by atoms with Crippen molar-refractivity contribution in [2.75, 3.05) is 0 Å². The van der Waals surface area contributed by atoms with Crippen LogP contribution in [0.5, 0.6) is 0 Å². The molecular weight excluding hydrogens is 246 g/mol. The lowest BCUT2D eigenvalue weighted by molar-refractivity contribution is -0.387. The predicted octanol–water partition coefficient (Wildman–Crippen LogP) is 4.79. The number of unbranched alkanes of at least 4 members (excludes halogenated alkanes) is 5. The Balaban J connectivity index is 2.43. The van der Waals surface area contributed by atoms with Crippen LogP contribution in [0.4, 0.5) is 5.69 Å². The molecule has 1 rings (SSSR count). The van der Waals surface area contributed by atoms with Gasteiger partial charge in [-0.15, -0.1) is 12.6 Å². The van der Waals surface area contributed by atoms with Gasteiger partial charge < -0.3 is 0 Å². The van der Waals surface area contributed by atoms with Gasteiger partial charge in [-0.25, -0.2) is 0 Å². The van der Waals surface area contributed by atoms with Crippen molar-refractivity contribution in [2.24, 2.45) is 0 Å². The summed E-state index contributed by atoms with van der Waals surface area (Å²) in [5, 5.41) is 10.8. The van der Waals surface area contributed by atoms with Crippen molar-refractivity contribution in [3.8, 4) is 0 Å². The van der Waals surface area contributed by atoms with Crippen molar-refractivity contribution in [3.05, 3.63) is 33.9 Å². The number of thiol groups is 1. The van der Waals surface area contributed by atoms with Gasteiger partial charge in [0.15, 0.2) is 0 Å². The molecule has 0 aliphatic carbocycles. The fourth-order valence-corrected chi connectivity index (χ4v) is 2.37. The van der Waals surface area contributed by atoms with E-state index in [1.165, 1.54) is 38.2 Å². The highest BCUT2D eigenvalue weighted by atomic mass is 32.1. The molecule has 0 spiro atoms. The van der Waals surface area contributed by atoms with Crippen LogP contribution in [-0.2, 0) is 6.42 Å². The number of nitro benzene ring substituents is 1. The van der Waals surface area contributed by atoms with Crippen LogP contribution in [0.15, 0.2) is 23.1 Å². The summed E-state index contributed by atoms with van der Waals surface area (Å²) in [6.45, 7) is 2.20. The first kappa shape index (κ1) is 15.0. The molecule has 3 nitrogen and oxygen atoms in total. The number of aryl methyl sites for hydroxylation is 1. The van der Waals surface area contributed by atoms with E-state index in [4.69, 9.17) is 0 Å². The molecule has 0 saturated carbocycles. The fraction of sp³-hybridized carbons (Fsp3) is 0.571. The van der Waals surface area contributed by atoms with Crippen molar-refractivity contribution in [3.63, 3.8) is 0 Å². The summed E-state index contributed by atoms with van der Waals surface area (Å²) in [7, 11) is 0. The van der Waals surface area contributed by atoms with Crippen molar-refractivity contribution in [2.45, 2.75) is 56.8 Å². The number of benzene rings is 1. The van der Waals surface area contributed by atoms with E-state index >= 15 is 0 Å². The molecule has 100 valence electrons. The molecule has 0 aliphatic rings. The minimum Gasteiger partial charge on any atom is -0.258 e. The molecule has 0 atom stereocenters. The quantitative estimate of drug-likeness (QED) is 0.318. The minimum absolute atomic E-state index is 0.113. The normalized spacial score (nSPS) is 10.6. The molecule has 18 heavy (non-hydrogen) atoms. The Labute approximate surface area is 114 Å². The minimum atomic E-state index is -0.368. The zero-order valence-corrected chi connectivity index (χ0v) is 11.8. The number of hydrogen-bond donors (Lipinski definition) is 1. The van der Waals surface area contributed by atoms with Gasteiger partial charge in [-0.1, -0.05) is 51.2 Å². The largest absolute Gasteiger partial charge is 0.282 e. The fourth-order valence-electron chi connectivity index (χ4n) is 2.02. The molecule has 0 fully saturated rings. The van der Waals surface area contributed by atoms with Gasteiger partial charge in [0, 0.05) is 6.07 Å². The monoisotopic (exact) mass is 267 g/mol. The van der Waals surface area contributed by atoms with Crippen LogP contribution in [0.3, 0.4) is 0 Å². The van der Waals surface area contributed by atoms with Crippen LogP contribution in [0.2, 0.25) is 0 Å². The Hall–Kier alpha value is -1.03. The number of nitro groups is 1.